The zero-order valence-corrected chi connectivity index (χ0v) is 11.5. The summed E-state index contributed by atoms with van der Waals surface area (Å²) in [6, 6.07) is 4.93. The summed E-state index contributed by atoms with van der Waals surface area (Å²) < 4.78 is 60.2. The monoisotopic (exact) mass is 334 g/mol. The molecule has 10 heteroatoms. The number of hydrogen-bond donors (Lipinski definition) is 1. The van der Waals surface area contributed by atoms with Gasteiger partial charge in [0.2, 0.25) is 5.88 Å². The molecule has 0 atom stereocenters. The molecule has 1 heterocycles. The van der Waals surface area contributed by atoms with Gasteiger partial charge < -0.3 is 14.6 Å². The molecule has 0 fully saturated rings. The molecule has 23 heavy (non-hydrogen) atoms. The number of carboxylic acids is 1. The van der Waals surface area contributed by atoms with Crippen LogP contribution in [0.25, 0.3) is 0 Å². The van der Waals surface area contributed by atoms with Gasteiger partial charge in [-0.1, -0.05) is 6.07 Å². The third kappa shape index (κ3) is 3.71. The van der Waals surface area contributed by atoms with E-state index in [1.807, 2.05) is 0 Å². The van der Waals surface area contributed by atoms with Crippen molar-refractivity contribution in [2.24, 2.45) is 7.05 Å². The first kappa shape index (κ1) is 16.6. The second-order valence-electron chi connectivity index (χ2n) is 4.25. The zero-order chi connectivity index (χ0) is 17.1. The van der Waals surface area contributed by atoms with Crippen molar-refractivity contribution in [3.05, 3.63) is 35.5 Å². The summed E-state index contributed by atoms with van der Waals surface area (Å²) in [6.45, 7) is -3.05. The van der Waals surface area contributed by atoms with E-state index in [1.54, 1.807) is 0 Å². The van der Waals surface area contributed by atoms with E-state index in [9.17, 15) is 22.4 Å². The van der Waals surface area contributed by atoms with E-state index in [4.69, 9.17) is 9.84 Å². The maximum absolute atomic E-state index is 12.8. The van der Waals surface area contributed by atoms with Crippen molar-refractivity contribution < 1.29 is 36.9 Å². The molecule has 0 aliphatic rings. The predicted molar refractivity (Wildman–Crippen MR) is 68.3 cm³/mol. The fourth-order valence-corrected chi connectivity index (χ4v) is 1.82. The number of carbonyl (C=O) groups is 1. The first-order valence-electron chi connectivity index (χ1n) is 6.10. The second kappa shape index (κ2) is 6.55. The van der Waals surface area contributed by atoms with Crippen molar-refractivity contribution in [3.63, 3.8) is 0 Å². The van der Waals surface area contributed by atoms with Gasteiger partial charge in [0, 0.05) is 13.1 Å². The number of rotatable bonds is 6. The quantitative estimate of drug-likeness (QED) is 0.819. The number of aromatic carboxylic acids is 1. The largest absolute Gasteiger partial charge is 0.477 e. The molecule has 1 N–H and O–H groups in total. The van der Waals surface area contributed by atoms with Crippen molar-refractivity contribution in [2.75, 3.05) is 0 Å². The normalized spacial score (nSPS) is 11.1. The lowest BCUT2D eigenvalue weighted by atomic mass is 10.2. The molecule has 0 saturated heterocycles. The van der Waals surface area contributed by atoms with E-state index >= 15 is 0 Å². The number of aromatic nitrogens is 2. The number of carboxylic acid groups (broad SMARTS) is 1. The van der Waals surface area contributed by atoms with Crippen LogP contribution in [0.3, 0.4) is 0 Å². The van der Waals surface area contributed by atoms with Gasteiger partial charge in [0.15, 0.2) is 5.56 Å². The van der Waals surface area contributed by atoms with Crippen LogP contribution >= 0.6 is 0 Å². The van der Waals surface area contributed by atoms with E-state index in [0.29, 0.717) is 0 Å². The van der Waals surface area contributed by atoms with Crippen molar-refractivity contribution in [1.29, 1.82) is 0 Å². The minimum Gasteiger partial charge on any atom is -0.477 e. The molecule has 2 rings (SSSR count). The first-order chi connectivity index (χ1) is 10.8. The highest BCUT2D eigenvalue weighted by molar-refractivity contribution is 5.92. The van der Waals surface area contributed by atoms with Gasteiger partial charge in [0.25, 0.3) is 6.43 Å². The van der Waals surface area contributed by atoms with Gasteiger partial charge in [0.05, 0.1) is 0 Å². The summed E-state index contributed by atoms with van der Waals surface area (Å²) in [6.07, 6.45) is -3.11. The number of ether oxygens (including phenoxy) is 2. The Morgan fingerprint density at radius 2 is 1.91 bits per heavy atom. The van der Waals surface area contributed by atoms with Crippen molar-refractivity contribution in [3.8, 4) is 17.4 Å². The van der Waals surface area contributed by atoms with Gasteiger partial charge >= 0.3 is 12.6 Å². The Morgan fingerprint density at radius 3 is 2.48 bits per heavy atom. The van der Waals surface area contributed by atoms with Gasteiger partial charge in [-0.2, -0.15) is 13.9 Å². The van der Waals surface area contributed by atoms with Crippen LogP contribution in [0.5, 0.6) is 17.4 Å². The molecule has 0 radical (unpaired) electrons. The van der Waals surface area contributed by atoms with Crippen LogP contribution in [0.4, 0.5) is 17.6 Å². The van der Waals surface area contributed by atoms with Crippen LogP contribution in [0.15, 0.2) is 24.3 Å². The molecule has 124 valence electrons. The van der Waals surface area contributed by atoms with E-state index < -0.39 is 36.1 Å². The lowest BCUT2D eigenvalue weighted by molar-refractivity contribution is -0.0499. The molecule has 0 spiro atoms. The van der Waals surface area contributed by atoms with Gasteiger partial charge in [-0.25, -0.2) is 18.3 Å². The Kier molecular flexibility index (Phi) is 4.72. The van der Waals surface area contributed by atoms with Gasteiger partial charge in [0.1, 0.15) is 17.2 Å². The molecule has 0 aliphatic carbocycles. The summed E-state index contributed by atoms with van der Waals surface area (Å²) in [5.41, 5.74) is -1.75. The number of halogens is 4. The highest BCUT2D eigenvalue weighted by Crippen LogP contribution is 2.33. The minimum atomic E-state index is -3.11. The number of aryl methyl sites for hydroxylation is 1. The number of alkyl halides is 4. The van der Waals surface area contributed by atoms with Crippen molar-refractivity contribution in [1.82, 2.24) is 9.78 Å². The van der Waals surface area contributed by atoms with Gasteiger partial charge in [-0.3, -0.25) is 0 Å². The molecule has 0 bridgehead atoms. The summed E-state index contributed by atoms with van der Waals surface area (Å²) >= 11 is 0. The Balaban J connectivity index is 2.38. The molecular weight excluding hydrogens is 324 g/mol. The Morgan fingerprint density at radius 1 is 1.26 bits per heavy atom. The Bertz CT molecular complexity index is 718. The summed E-state index contributed by atoms with van der Waals surface area (Å²) in [4.78, 5) is 11.2. The molecule has 0 aliphatic heterocycles. The molecule has 0 saturated carbocycles. The molecule has 0 amide bonds. The second-order valence-corrected chi connectivity index (χ2v) is 4.25. The van der Waals surface area contributed by atoms with Crippen LogP contribution in [0.1, 0.15) is 22.5 Å². The fraction of sp³-hybridized carbons (Fsp3) is 0.231. The Labute approximate surface area is 126 Å². The van der Waals surface area contributed by atoms with E-state index in [2.05, 4.69) is 9.84 Å². The standard InChI is InChI=1S/C13H10F4N2O4/c1-19-11(8(12(20)21)9(18-19)10(14)15)22-6-3-2-4-7(5-6)23-13(16)17/h2-5,10,13H,1H3,(H,20,21). The van der Waals surface area contributed by atoms with Crippen LogP contribution in [-0.4, -0.2) is 27.5 Å². The minimum absolute atomic E-state index is 0.0746. The van der Waals surface area contributed by atoms with Crippen LogP contribution in [0.2, 0.25) is 0 Å². The highest BCUT2D eigenvalue weighted by atomic mass is 19.3. The number of benzene rings is 1. The summed E-state index contributed by atoms with van der Waals surface area (Å²) in [7, 11) is 1.22. The van der Waals surface area contributed by atoms with Gasteiger partial charge in [-0.15, -0.1) is 0 Å². The molecule has 6 nitrogen and oxygen atoms in total. The molecule has 2 aromatic rings. The van der Waals surface area contributed by atoms with Crippen LogP contribution in [0, 0.1) is 0 Å². The highest BCUT2D eigenvalue weighted by Gasteiger charge is 2.29. The number of hydrogen-bond acceptors (Lipinski definition) is 4. The average Bonchev–Trinajstić information content (AvgIpc) is 2.76. The third-order valence-electron chi connectivity index (χ3n) is 2.69. The topological polar surface area (TPSA) is 73.6 Å². The van der Waals surface area contributed by atoms with Crippen LogP contribution in [-0.2, 0) is 7.05 Å². The Hall–Kier alpha value is -2.78. The third-order valence-corrected chi connectivity index (χ3v) is 2.69. The average molecular weight is 334 g/mol. The van der Waals surface area contributed by atoms with Crippen molar-refractivity contribution >= 4 is 5.97 Å². The van der Waals surface area contributed by atoms with E-state index in [-0.39, 0.29) is 11.5 Å². The van der Waals surface area contributed by atoms with E-state index in [1.165, 1.54) is 25.2 Å². The molecule has 0 unspecified atom stereocenters. The van der Waals surface area contributed by atoms with Crippen molar-refractivity contribution in [2.45, 2.75) is 13.0 Å². The maximum atomic E-state index is 12.8. The van der Waals surface area contributed by atoms with E-state index in [0.717, 1.165) is 10.7 Å². The SMILES string of the molecule is Cn1nc(C(F)F)c(C(=O)O)c1Oc1cccc(OC(F)F)c1. The number of nitrogens with zero attached hydrogens (tertiary/aromatic N) is 2. The lowest BCUT2D eigenvalue weighted by Gasteiger charge is -2.09. The smallest absolute Gasteiger partial charge is 0.387 e. The van der Waals surface area contributed by atoms with Gasteiger partial charge in [-0.05, 0) is 12.1 Å². The van der Waals surface area contributed by atoms with Crippen LogP contribution < -0.4 is 9.47 Å². The summed E-state index contributed by atoms with van der Waals surface area (Å²) in [5, 5.41) is 12.5. The zero-order valence-electron chi connectivity index (χ0n) is 11.5. The predicted octanol–water partition coefficient (Wildman–Crippen LogP) is 3.45. The maximum Gasteiger partial charge on any atom is 0.387 e. The molecule has 1 aromatic carbocycles. The first-order valence-corrected chi connectivity index (χ1v) is 6.10. The summed E-state index contributed by atoms with van der Waals surface area (Å²) in [5.74, 6) is -2.41. The fourth-order valence-electron chi connectivity index (χ4n) is 1.82. The molecule has 1 aromatic heterocycles. The molecular formula is C13H10F4N2O4. The lowest BCUT2D eigenvalue weighted by Crippen LogP contribution is -2.04.